The molecule has 9 rings (SSSR count). The molecule has 1 aliphatic rings. The van der Waals surface area contributed by atoms with E-state index in [2.05, 4.69) is 210 Å². The van der Waals surface area contributed by atoms with Crippen LogP contribution < -0.4 is 4.90 Å². The Kier molecular flexibility index (Phi) is 7.68. The number of hydrogen-bond acceptors (Lipinski definition) is 1. The van der Waals surface area contributed by atoms with Crippen LogP contribution in [0.4, 0.5) is 17.1 Å². The largest absolute Gasteiger partial charge is 0.310 e. The van der Waals surface area contributed by atoms with Gasteiger partial charge in [0.15, 0.2) is 0 Å². The molecule has 1 nitrogen and oxygen atoms in total. The first-order valence-corrected chi connectivity index (χ1v) is 18.8. The number of para-hydroxylation sites is 2. The molecule has 0 N–H and O–H groups in total. The van der Waals surface area contributed by atoms with Gasteiger partial charge in [0.25, 0.3) is 0 Å². The van der Waals surface area contributed by atoms with Crippen molar-refractivity contribution in [1.82, 2.24) is 0 Å². The SMILES string of the molecule is CC(C)(C)c1ccc(-c2cc3cc4c(cc3cc2-c2ccc(C(C)(C)C)cc2)-c2cc3cc(N(c5ccccc5)c5ccccc5)ccc3cc2-4)cc1. The molecule has 0 aromatic heterocycles. The Balaban J connectivity index is 1.16. The van der Waals surface area contributed by atoms with E-state index in [-0.39, 0.29) is 10.8 Å². The van der Waals surface area contributed by atoms with E-state index in [9.17, 15) is 0 Å². The zero-order chi connectivity index (χ0) is 36.5. The normalized spacial score (nSPS) is 12.3. The van der Waals surface area contributed by atoms with Crippen LogP contribution in [0.5, 0.6) is 0 Å². The summed E-state index contributed by atoms with van der Waals surface area (Å²) >= 11 is 0. The highest BCUT2D eigenvalue weighted by atomic mass is 15.1. The zero-order valence-electron chi connectivity index (χ0n) is 31.5. The maximum Gasteiger partial charge on any atom is 0.0468 e. The van der Waals surface area contributed by atoms with Gasteiger partial charge in [-0.2, -0.15) is 0 Å². The molecule has 0 amide bonds. The van der Waals surface area contributed by atoms with Crippen LogP contribution in [0.25, 0.3) is 66.1 Å². The van der Waals surface area contributed by atoms with Gasteiger partial charge >= 0.3 is 0 Å². The van der Waals surface area contributed by atoms with Gasteiger partial charge < -0.3 is 4.90 Å². The summed E-state index contributed by atoms with van der Waals surface area (Å²) in [5.41, 5.74) is 16.7. The predicted octanol–water partition coefficient (Wildman–Crippen LogP) is 15.0. The van der Waals surface area contributed by atoms with E-state index in [4.69, 9.17) is 0 Å². The minimum Gasteiger partial charge on any atom is -0.310 e. The number of hydrogen-bond donors (Lipinski definition) is 0. The molecule has 0 aliphatic heterocycles. The van der Waals surface area contributed by atoms with Crippen molar-refractivity contribution in [2.75, 3.05) is 4.90 Å². The number of nitrogens with zero attached hydrogens (tertiary/aromatic N) is 1. The fraction of sp³-hybridized carbons (Fsp3) is 0.154. The van der Waals surface area contributed by atoms with E-state index in [1.165, 1.54) is 77.2 Å². The minimum atomic E-state index is 0.107. The van der Waals surface area contributed by atoms with Crippen LogP contribution >= 0.6 is 0 Å². The molecule has 0 saturated heterocycles. The van der Waals surface area contributed by atoms with Crippen molar-refractivity contribution in [2.24, 2.45) is 0 Å². The van der Waals surface area contributed by atoms with Gasteiger partial charge in [-0.1, -0.05) is 133 Å². The first-order valence-electron chi connectivity index (χ1n) is 18.8. The number of rotatable bonds is 5. The van der Waals surface area contributed by atoms with E-state index in [1.807, 2.05) is 0 Å². The second-order valence-corrected chi connectivity index (χ2v) is 16.7. The van der Waals surface area contributed by atoms with Gasteiger partial charge in [-0.15, -0.1) is 0 Å². The van der Waals surface area contributed by atoms with Crippen molar-refractivity contribution < 1.29 is 0 Å². The molecule has 0 spiro atoms. The lowest BCUT2D eigenvalue weighted by Gasteiger charge is -2.28. The van der Waals surface area contributed by atoms with Gasteiger partial charge in [-0.3, -0.25) is 0 Å². The minimum absolute atomic E-state index is 0.107. The highest BCUT2D eigenvalue weighted by molar-refractivity contribution is 6.13. The standard InChI is InChI=1S/C52H45N/c1-51(2,3)40-22-17-34(18-23-40)45-29-38-32-49-47-28-36-21-26-44(53(42-13-9-7-10-14-42)43-15-11-8-12-16-43)27-37(36)31-48(47)50(49)33-39(38)30-46(45)35-19-24-41(25-20-35)52(4,5)6/h7-33H,1-6H3. The van der Waals surface area contributed by atoms with Gasteiger partial charge in [-0.25, -0.2) is 0 Å². The van der Waals surface area contributed by atoms with E-state index in [0.29, 0.717) is 0 Å². The van der Waals surface area contributed by atoms with E-state index in [0.717, 1.165) is 17.1 Å². The first kappa shape index (κ1) is 33.0. The van der Waals surface area contributed by atoms with E-state index < -0.39 is 0 Å². The van der Waals surface area contributed by atoms with Crippen LogP contribution in [-0.2, 0) is 10.8 Å². The summed E-state index contributed by atoms with van der Waals surface area (Å²) in [6.45, 7) is 13.7. The predicted molar refractivity (Wildman–Crippen MR) is 229 cm³/mol. The third-order valence-corrected chi connectivity index (χ3v) is 11.1. The summed E-state index contributed by atoms with van der Waals surface area (Å²) in [6, 6.07) is 61.0. The molecular formula is C52H45N. The van der Waals surface area contributed by atoms with Gasteiger partial charge in [0, 0.05) is 17.1 Å². The molecule has 0 atom stereocenters. The molecule has 0 unspecified atom stereocenters. The molecule has 0 radical (unpaired) electrons. The fourth-order valence-corrected chi connectivity index (χ4v) is 7.98. The van der Waals surface area contributed by atoms with Gasteiger partial charge in [-0.05, 0) is 161 Å². The fourth-order valence-electron chi connectivity index (χ4n) is 7.98. The van der Waals surface area contributed by atoms with Crippen molar-refractivity contribution >= 4 is 38.6 Å². The maximum absolute atomic E-state index is 2.42. The van der Waals surface area contributed by atoms with Crippen molar-refractivity contribution in [3.8, 4) is 44.5 Å². The van der Waals surface area contributed by atoms with Gasteiger partial charge in [0.05, 0.1) is 0 Å². The Bertz CT molecular complexity index is 2600. The smallest absolute Gasteiger partial charge is 0.0468 e. The molecule has 8 aromatic rings. The first-order chi connectivity index (χ1) is 25.5. The Morgan fingerprint density at radius 3 is 1.06 bits per heavy atom. The van der Waals surface area contributed by atoms with Gasteiger partial charge in [0.1, 0.15) is 0 Å². The summed E-state index contributed by atoms with van der Waals surface area (Å²) in [7, 11) is 0. The van der Waals surface area contributed by atoms with Gasteiger partial charge in [0.2, 0.25) is 0 Å². The number of benzene rings is 8. The summed E-state index contributed by atoms with van der Waals surface area (Å²) < 4.78 is 0. The molecule has 1 heteroatoms. The Morgan fingerprint density at radius 1 is 0.302 bits per heavy atom. The molecular weight excluding hydrogens is 639 g/mol. The summed E-state index contributed by atoms with van der Waals surface area (Å²) in [6.07, 6.45) is 0. The quantitative estimate of drug-likeness (QED) is 0.175. The van der Waals surface area contributed by atoms with E-state index in [1.54, 1.807) is 0 Å². The lowest BCUT2D eigenvalue weighted by molar-refractivity contribution is 0.590. The van der Waals surface area contributed by atoms with Crippen molar-refractivity contribution in [2.45, 2.75) is 52.4 Å². The maximum atomic E-state index is 2.42. The number of anilines is 3. The summed E-state index contributed by atoms with van der Waals surface area (Å²) in [5.74, 6) is 0. The highest BCUT2D eigenvalue weighted by Crippen LogP contribution is 2.52. The average molecular weight is 684 g/mol. The third-order valence-electron chi connectivity index (χ3n) is 11.1. The van der Waals surface area contributed by atoms with Crippen LogP contribution in [0.3, 0.4) is 0 Å². The van der Waals surface area contributed by atoms with Crippen molar-refractivity contribution in [3.05, 3.63) is 175 Å². The second-order valence-electron chi connectivity index (χ2n) is 16.7. The van der Waals surface area contributed by atoms with Crippen LogP contribution in [0.15, 0.2) is 164 Å². The molecule has 0 fully saturated rings. The van der Waals surface area contributed by atoms with Crippen LogP contribution in [0.1, 0.15) is 52.7 Å². The molecule has 0 heterocycles. The van der Waals surface area contributed by atoms with Crippen molar-refractivity contribution in [3.63, 3.8) is 0 Å². The highest BCUT2D eigenvalue weighted by Gasteiger charge is 2.25. The average Bonchev–Trinajstić information content (AvgIpc) is 3.16. The monoisotopic (exact) mass is 683 g/mol. The van der Waals surface area contributed by atoms with Crippen LogP contribution in [0, 0.1) is 0 Å². The van der Waals surface area contributed by atoms with Crippen molar-refractivity contribution in [1.29, 1.82) is 0 Å². The zero-order valence-corrected chi connectivity index (χ0v) is 31.5. The summed E-state index contributed by atoms with van der Waals surface area (Å²) in [4.78, 5) is 2.34. The lowest BCUT2D eigenvalue weighted by Crippen LogP contribution is -2.10. The summed E-state index contributed by atoms with van der Waals surface area (Å²) in [5, 5.41) is 5.05. The van der Waals surface area contributed by atoms with Crippen LogP contribution in [0.2, 0.25) is 0 Å². The molecule has 53 heavy (non-hydrogen) atoms. The lowest BCUT2D eigenvalue weighted by atomic mass is 9.77. The second kappa shape index (κ2) is 12.3. The Morgan fingerprint density at radius 2 is 0.660 bits per heavy atom. The molecule has 0 bridgehead atoms. The third kappa shape index (κ3) is 5.91. The Labute approximate surface area is 314 Å². The van der Waals surface area contributed by atoms with E-state index >= 15 is 0 Å². The number of fused-ring (bicyclic) bond motifs is 6. The van der Waals surface area contributed by atoms with Crippen LogP contribution in [-0.4, -0.2) is 0 Å². The Hall–Kier alpha value is -5.92. The molecule has 1 aliphatic carbocycles. The molecule has 258 valence electrons. The molecule has 0 saturated carbocycles. The molecule has 8 aromatic carbocycles. The topological polar surface area (TPSA) is 3.24 Å².